The molecule has 0 heterocycles. The van der Waals surface area contributed by atoms with Gasteiger partial charge in [0, 0.05) is 16.0 Å². The van der Waals surface area contributed by atoms with Crippen LogP contribution >= 0.6 is 11.8 Å². The van der Waals surface area contributed by atoms with Crippen molar-refractivity contribution >= 4 is 33.3 Å². The summed E-state index contributed by atoms with van der Waals surface area (Å²) >= 11 is 1.86. The van der Waals surface area contributed by atoms with E-state index in [0.717, 1.165) is 34.1 Å². The van der Waals surface area contributed by atoms with Crippen molar-refractivity contribution in [3.8, 4) is 16.9 Å². The summed E-state index contributed by atoms with van der Waals surface area (Å²) in [6, 6.07) is 24.9. The van der Waals surface area contributed by atoms with Crippen LogP contribution in [0.3, 0.4) is 0 Å². The molecule has 0 saturated carbocycles. The van der Waals surface area contributed by atoms with Crippen molar-refractivity contribution in [1.82, 2.24) is 0 Å². The highest BCUT2D eigenvalue weighted by Crippen LogP contribution is 2.44. The minimum absolute atomic E-state index is 0.341. The number of hydrogen-bond donors (Lipinski definition) is 1. The third kappa shape index (κ3) is 2.87. The van der Waals surface area contributed by atoms with Gasteiger partial charge in [0.25, 0.3) is 0 Å². The summed E-state index contributed by atoms with van der Waals surface area (Å²) in [5.41, 5.74) is 2.08. The van der Waals surface area contributed by atoms with Crippen LogP contribution in [-0.4, -0.2) is 10.9 Å². The summed E-state index contributed by atoms with van der Waals surface area (Å²) in [5, 5.41) is 15.4. The maximum Gasteiger partial charge on any atom is 0.124 e. The number of benzene rings is 4. The summed E-state index contributed by atoms with van der Waals surface area (Å²) in [6.07, 6.45) is 1.12. The summed E-state index contributed by atoms with van der Waals surface area (Å²) in [6.45, 7) is 2.20. The molecule has 0 spiro atoms. The van der Waals surface area contributed by atoms with Gasteiger partial charge in [-0.05, 0) is 45.9 Å². The number of hydrogen-bond acceptors (Lipinski definition) is 2. The second kappa shape index (κ2) is 6.81. The van der Waals surface area contributed by atoms with E-state index in [-0.39, 0.29) is 0 Å². The number of phenolic OH excluding ortho intramolecular Hbond substituents is 1. The standard InChI is InChI=1S/C23H20OS/c1-2-15-25-21-14-12-17-8-4-6-10-19(17)23(21)22-18-9-5-3-7-16(18)11-13-20(22)24/h3-14,24H,2,15H2,1H3. The fourth-order valence-corrected chi connectivity index (χ4v) is 4.31. The van der Waals surface area contributed by atoms with Gasteiger partial charge in [0.15, 0.2) is 0 Å². The molecule has 4 aromatic carbocycles. The van der Waals surface area contributed by atoms with Gasteiger partial charge in [-0.2, -0.15) is 0 Å². The smallest absolute Gasteiger partial charge is 0.124 e. The lowest BCUT2D eigenvalue weighted by molar-refractivity contribution is 0.478. The lowest BCUT2D eigenvalue weighted by Crippen LogP contribution is -1.90. The highest BCUT2D eigenvalue weighted by atomic mass is 32.2. The molecule has 0 aliphatic carbocycles. The molecule has 124 valence electrons. The molecule has 0 radical (unpaired) electrons. The van der Waals surface area contributed by atoms with Crippen LogP contribution in [-0.2, 0) is 0 Å². The van der Waals surface area contributed by atoms with Gasteiger partial charge in [-0.25, -0.2) is 0 Å². The zero-order valence-electron chi connectivity index (χ0n) is 14.2. The molecule has 0 aromatic heterocycles. The number of thioether (sulfide) groups is 1. The van der Waals surface area contributed by atoms with E-state index in [1.54, 1.807) is 0 Å². The third-order valence-corrected chi connectivity index (χ3v) is 5.77. The summed E-state index contributed by atoms with van der Waals surface area (Å²) in [5.74, 6) is 1.41. The maximum atomic E-state index is 10.8. The average molecular weight is 344 g/mol. The summed E-state index contributed by atoms with van der Waals surface area (Å²) in [7, 11) is 0. The monoisotopic (exact) mass is 344 g/mol. The molecule has 0 unspecified atom stereocenters. The van der Waals surface area contributed by atoms with E-state index in [0.29, 0.717) is 5.75 Å². The normalized spacial score (nSPS) is 11.2. The van der Waals surface area contributed by atoms with Crippen molar-refractivity contribution in [2.75, 3.05) is 5.75 Å². The van der Waals surface area contributed by atoms with Gasteiger partial charge >= 0.3 is 0 Å². The van der Waals surface area contributed by atoms with E-state index in [1.165, 1.54) is 15.7 Å². The maximum absolute atomic E-state index is 10.8. The number of aromatic hydroxyl groups is 1. The molecule has 1 N–H and O–H groups in total. The molecule has 25 heavy (non-hydrogen) atoms. The fraction of sp³-hybridized carbons (Fsp3) is 0.130. The van der Waals surface area contributed by atoms with Gasteiger partial charge in [-0.1, -0.05) is 67.6 Å². The Hall–Kier alpha value is -2.45. The number of rotatable bonds is 4. The fourth-order valence-electron chi connectivity index (χ4n) is 3.36. The minimum Gasteiger partial charge on any atom is -0.507 e. The zero-order chi connectivity index (χ0) is 17.2. The van der Waals surface area contributed by atoms with E-state index in [1.807, 2.05) is 36.0 Å². The van der Waals surface area contributed by atoms with Gasteiger partial charge < -0.3 is 5.11 Å². The Labute approximate surface area is 152 Å². The van der Waals surface area contributed by atoms with Gasteiger partial charge in [0.05, 0.1) is 0 Å². The average Bonchev–Trinajstić information content (AvgIpc) is 2.66. The molecule has 0 atom stereocenters. The van der Waals surface area contributed by atoms with E-state index in [2.05, 4.69) is 55.5 Å². The molecule has 4 rings (SSSR count). The van der Waals surface area contributed by atoms with Gasteiger partial charge in [-0.3, -0.25) is 0 Å². The van der Waals surface area contributed by atoms with Crippen LogP contribution in [0.5, 0.6) is 5.75 Å². The lowest BCUT2D eigenvalue weighted by atomic mass is 9.93. The van der Waals surface area contributed by atoms with E-state index in [9.17, 15) is 5.11 Å². The van der Waals surface area contributed by atoms with E-state index >= 15 is 0 Å². The van der Waals surface area contributed by atoms with Crippen molar-refractivity contribution in [2.24, 2.45) is 0 Å². The SMILES string of the molecule is CCCSc1ccc2ccccc2c1-c1c(O)ccc2ccccc12. The molecule has 0 fully saturated rings. The molecule has 0 saturated heterocycles. The molecule has 0 amide bonds. The lowest BCUT2D eigenvalue weighted by Gasteiger charge is -2.16. The molecule has 0 aliphatic heterocycles. The quantitative estimate of drug-likeness (QED) is 0.408. The van der Waals surface area contributed by atoms with E-state index in [4.69, 9.17) is 0 Å². The van der Waals surface area contributed by atoms with Gasteiger partial charge in [-0.15, -0.1) is 11.8 Å². The van der Waals surface area contributed by atoms with Crippen molar-refractivity contribution < 1.29 is 5.11 Å². The third-order valence-electron chi connectivity index (χ3n) is 4.51. The Morgan fingerprint density at radius 3 is 2.00 bits per heavy atom. The Bertz CT molecular complexity index is 1050. The Kier molecular flexibility index (Phi) is 4.37. The predicted octanol–water partition coefficient (Wildman–Crippen LogP) is 6.87. The van der Waals surface area contributed by atoms with Crippen LogP contribution in [0.2, 0.25) is 0 Å². The topological polar surface area (TPSA) is 20.2 Å². The van der Waals surface area contributed by atoms with Gasteiger partial charge in [0.2, 0.25) is 0 Å². The first kappa shape index (κ1) is 16.0. The molecule has 0 aliphatic rings. The van der Waals surface area contributed by atoms with Crippen LogP contribution in [0.25, 0.3) is 32.7 Å². The second-order valence-electron chi connectivity index (χ2n) is 6.19. The van der Waals surface area contributed by atoms with Crippen LogP contribution in [0.1, 0.15) is 13.3 Å². The second-order valence-corrected chi connectivity index (χ2v) is 7.33. The number of phenols is 1. The molecule has 4 aromatic rings. The van der Waals surface area contributed by atoms with E-state index < -0.39 is 0 Å². The zero-order valence-corrected chi connectivity index (χ0v) is 15.0. The molecule has 0 bridgehead atoms. The first-order valence-electron chi connectivity index (χ1n) is 8.65. The van der Waals surface area contributed by atoms with Crippen molar-refractivity contribution in [3.05, 3.63) is 72.8 Å². The van der Waals surface area contributed by atoms with Crippen LogP contribution in [0.15, 0.2) is 77.7 Å². The van der Waals surface area contributed by atoms with Crippen molar-refractivity contribution in [2.45, 2.75) is 18.2 Å². The molecule has 1 nitrogen and oxygen atoms in total. The minimum atomic E-state index is 0.341. The predicted molar refractivity (Wildman–Crippen MR) is 110 cm³/mol. The number of fused-ring (bicyclic) bond motifs is 2. The van der Waals surface area contributed by atoms with Crippen molar-refractivity contribution in [1.29, 1.82) is 0 Å². The van der Waals surface area contributed by atoms with Crippen molar-refractivity contribution in [3.63, 3.8) is 0 Å². The first-order valence-corrected chi connectivity index (χ1v) is 9.64. The van der Waals surface area contributed by atoms with Gasteiger partial charge in [0.1, 0.15) is 5.75 Å². The largest absolute Gasteiger partial charge is 0.507 e. The summed E-state index contributed by atoms with van der Waals surface area (Å²) in [4.78, 5) is 1.23. The molecule has 2 heteroatoms. The summed E-state index contributed by atoms with van der Waals surface area (Å²) < 4.78 is 0. The molecular weight excluding hydrogens is 324 g/mol. The molecular formula is C23H20OS. The first-order chi connectivity index (χ1) is 12.3. The highest BCUT2D eigenvalue weighted by molar-refractivity contribution is 7.99. The van der Waals surface area contributed by atoms with Crippen LogP contribution in [0.4, 0.5) is 0 Å². The Morgan fingerprint density at radius 2 is 1.32 bits per heavy atom. The van der Waals surface area contributed by atoms with Crippen LogP contribution < -0.4 is 0 Å². The Morgan fingerprint density at radius 1 is 0.720 bits per heavy atom. The highest BCUT2D eigenvalue weighted by Gasteiger charge is 2.16. The Balaban J connectivity index is 2.11. The van der Waals surface area contributed by atoms with Crippen LogP contribution in [0, 0.1) is 0 Å².